The predicted molar refractivity (Wildman–Crippen MR) is 96.2 cm³/mol. The van der Waals surface area contributed by atoms with Gasteiger partial charge in [0.05, 0.1) is 12.2 Å². The van der Waals surface area contributed by atoms with Crippen LogP contribution in [0.15, 0.2) is 0 Å². The summed E-state index contributed by atoms with van der Waals surface area (Å²) >= 11 is 1.45. The number of carboxylic acids is 1. The Kier molecular flexibility index (Phi) is 6.99. The Hall–Kier alpha value is -1.89. The molecule has 0 radical (unpaired) electrons. The van der Waals surface area contributed by atoms with Gasteiger partial charge in [-0.25, -0.2) is 4.79 Å². The van der Waals surface area contributed by atoms with E-state index in [0.29, 0.717) is 23.1 Å². The van der Waals surface area contributed by atoms with Crippen molar-refractivity contribution in [3.8, 4) is 0 Å². The SMILES string of the molecule is CCCOC(=O)c1c(NC(=O)CCCC(=O)O)sc2c1CC[C@H](C)C2. The second-order valence-corrected chi connectivity index (χ2v) is 7.59. The van der Waals surface area contributed by atoms with Gasteiger partial charge in [0.25, 0.3) is 0 Å². The molecule has 1 aromatic rings. The zero-order valence-corrected chi connectivity index (χ0v) is 15.5. The van der Waals surface area contributed by atoms with Gasteiger partial charge >= 0.3 is 11.9 Å². The van der Waals surface area contributed by atoms with Crippen molar-refractivity contribution in [2.75, 3.05) is 11.9 Å². The number of nitrogens with one attached hydrogen (secondary N) is 1. The highest BCUT2D eigenvalue weighted by Crippen LogP contribution is 2.40. The summed E-state index contributed by atoms with van der Waals surface area (Å²) in [6.07, 6.45) is 3.84. The molecular weight excluding hydrogens is 342 g/mol. The van der Waals surface area contributed by atoms with E-state index >= 15 is 0 Å². The number of carbonyl (C=O) groups is 3. The number of rotatable bonds is 8. The number of esters is 1. The van der Waals surface area contributed by atoms with Crippen molar-refractivity contribution in [2.24, 2.45) is 5.92 Å². The van der Waals surface area contributed by atoms with Crippen LogP contribution in [0.5, 0.6) is 0 Å². The number of ether oxygens (including phenoxy) is 1. The number of carbonyl (C=O) groups excluding carboxylic acids is 2. The molecule has 25 heavy (non-hydrogen) atoms. The quantitative estimate of drug-likeness (QED) is 0.684. The molecule has 0 spiro atoms. The molecule has 1 heterocycles. The molecule has 1 aromatic heterocycles. The van der Waals surface area contributed by atoms with Crippen LogP contribution < -0.4 is 5.32 Å². The summed E-state index contributed by atoms with van der Waals surface area (Å²) in [6.45, 7) is 4.47. The summed E-state index contributed by atoms with van der Waals surface area (Å²) in [4.78, 5) is 36.3. The lowest BCUT2D eigenvalue weighted by molar-refractivity contribution is -0.137. The van der Waals surface area contributed by atoms with Crippen LogP contribution in [-0.2, 0) is 27.2 Å². The Morgan fingerprint density at radius 1 is 1.32 bits per heavy atom. The van der Waals surface area contributed by atoms with Gasteiger partial charge in [-0.2, -0.15) is 0 Å². The van der Waals surface area contributed by atoms with Crippen LogP contribution >= 0.6 is 11.3 Å². The van der Waals surface area contributed by atoms with Crippen molar-refractivity contribution in [3.05, 3.63) is 16.0 Å². The second kappa shape index (κ2) is 8.99. The molecule has 1 atom stereocenters. The number of thiophene rings is 1. The van der Waals surface area contributed by atoms with E-state index in [1.807, 2.05) is 6.92 Å². The Balaban J connectivity index is 2.16. The molecule has 1 aliphatic carbocycles. The van der Waals surface area contributed by atoms with Gasteiger partial charge in [0.1, 0.15) is 5.00 Å². The first-order valence-electron chi connectivity index (χ1n) is 8.75. The maximum Gasteiger partial charge on any atom is 0.341 e. The third-order valence-corrected chi connectivity index (χ3v) is 5.37. The highest BCUT2D eigenvalue weighted by Gasteiger charge is 2.29. The smallest absolute Gasteiger partial charge is 0.341 e. The van der Waals surface area contributed by atoms with Gasteiger partial charge in [0.15, 0.2) is 0 Å². The van der Waals surface area contributed by atoms with E-state index in [1.165, 1.54) is 11.3 Å². The minimum absolute atomic E-state index is 0.0444. The van der Waals surface area contributed by atoms with Crippen LogP contribution in [0.2, 0.25) is 0 Å². The van der Waals surface area contributed by atoms with E-state index in [2.05, 4.69) is 12.2 Å². The largest absolute Gasteiger partial charge is 0.481 e. The van der Waals surface area contributed by atoms with Crippen LogP contribution in [0, 0.1) is 5.92 Å². The summed E-state index contributed by atoms with van der Waals surface area (Å²) in [6, 6.07) is 0. The first-order valence-corrected chi connectivity index (χ1v) is 9.57. The van der Waals surface area contributed by atoms with Crippen molar-refractivity contribution < 1.29 is 24.2 Å². The molecule has 0 unspecified atom stereocenters. The lowest BCUT2D eigenvalue weighted by Gasteiger charge is -2.18. The molecule has 0 aliphatic heterocycles. The third-order valence-electron chi connectivity index (χ3n) is 4.20. The summed E-state index contributed by atoms with van der Waals surface area (Å²) < 4.78 is 5.30. The molecule has 0 aromatic carbocycles. The molecule has 2 N–H and O–H groups in total. The van der Waals surface area contributed by atoms with Crippen LogP contribution in [0.25, 0.3) is 0 Å². The number of hydrogen-bond acceptors (Lipinski definition) is 5. The van der Waals surface area contributed by atoms with Crippen molar-refractivity contribution in [3.63, 3.8) is 0 Å². The standard InChI is InChI=1S/C18H25NO5S/c1-3-9-24-18(23)16-12-8-7-11(2)10-13(12)25-17(16)19-14(20)5-4-6-15(21)22/h11H,3-10H2,1-2H3,(H,19,20)(H,21,22)/t11-/m0/s1. The lowest BCUT2D eigenvalue weighted by Crippen LogP contribution is -2.17. The van der Waals surface area contributed by atoms with Crippen LogP contribution in [0.1, 0.15) is 66.8 Å². The van der Waals surface area contributed by atoms with Crippen molar-refractivity contribution in [1.82, 2.24) is 0 Å². The molecule has 6 nitrogen and oxygen atoms in total. The maximum atomic E-state index is 12.5. The minimum Gasteiger partial charge on any atom is -0.481 e. The molecule has 0 bridgehead atoms. The van der Waals surface area contributed by atoms with Gasteiger partial charge < -0.3 is 15.2 Å². The Morgan fingerprint density at radius 2 is 2.08 bits per heavy atom. The van der Waals surface area contributed by atoms with E-state index in [-0.39, 0.29) is 31.1 Å². The zero-order chi connectivity index (χ0) is 18.4. The zero-order valence-electron chi connectivity index (χ0n) is 14.7. The minimum atomic E-state index is -0.919. The first kappa shape index (κ1) is 19.4. The number of carboxylic acid groups (broad SMARTS) is 1. The number of hydrogen-bond donors (Lipinski definition) is 2. The summed E-state index contributed by atoms with van der Waals surface area (Å²) in [5.74, 6) is -1.01. The molecule has 1 amide bonds. The first-order chi connectivity index (χ1) is 11.9. The van der Waals surface area contributed by atoms with Crippen molar-refractivity contribution in [1.29, 1.82) is 0 Å². The number of amides is 1. The van der Waals surface area contributed by atoms with Gasteiger partial charge in [-0.1, -0.05) is 13.8 Å². The molecule has 0 saturated carbocycles. The number of aliphatic carboxylic acids is 1. The molecule has 0 saturated heterocycles. The Morgan fingerprint density at radius 3 is 2.76 bits per heavy atom. The van der Waals surface area contributed by atoms with Crippen LogP contribution in [0.3, 0.4) is 0 Å². The molecular formula is C18H25NO5S. The molecule has 2 rings (SSSR count). The van der Waals surface area contributed by atoms with Crippen LogP contribution in [0.4, 0.5) is 5.00 Å². The Bertz CT molecular complexity index is 652. The summed E-state index contributed by atoms with van der Waals surface area (Å²) in [5, 5.41) is 12.0. The number of fused-ring (bicyclic) bond motifs is 1. The average molecular weight is 367 g/mol. The van der Waals surface area contributed by atoms with E-state index in [1.54, 1.807) is 0 Å². The van der Waals surface area contributed by atoms with E-state index in [9.17, 15) is 14.4 Å². The summed E-state index contributed by atoms with van der Waals surface area (Å²) in [5.41, 5.74) is 1.50. The van der Waals surface area contributed by atoms with Gasteiger partial charge in [-0.15, -0.1) is 11.3 Å². The van der Waals surface area contributed by atoms with Gasteiger partial charge in [-0.3, -0.25) is 9.59 Å². The monoisotopic (exact) mass is 367 g/mol. The highest BCUT2D eigenvalue weighted by molar-refractivity contribution is 7.17. The highest BCUT2D eigenvalue weighted by atomic mass is 32.1. The molecule has 7 heteroatoms. The van der Waals surface area contributed by atoms with E-state index in [4.69, 9.17) is 9.84 Å². The molecule has 0 fully saturated rings. The normalized spacial score (nSPS) is 16.2. The summed E-state index contributed by atoms with van der Waals surface area (Å²) in [7, 11) is 0. The van der Waals surface area contributed by atoms with Gasteiger partial charge in [0, 0.05) is 17.7 Å². The van der Waals surface area contributed by atoms with Crippen molar-refractivity contribution >= 4 is 34.2 Å². The van der Waals surface area contributed by atoms with Crippen LogP contribution in [-0.4, -0.2) is 29.6 Å². The van der Waals surface area contributed by atoms with Crippen molar-refractivity contribution in [2.45, 2.75) is 58.8 Å². The fourth-order valence-electron chi connectivity index (χ4n) is 2.91. The Labute approximate surface area is 151 Å². The number of anilines is 1. The fourth-order valence-corrected chi connectivity index (χ4v) is 4.33. The second-order valence-electron chi connectivity index (χ2n) is 6.49. The van der Waals surface area contributed by atoms with E-state index < -0.39 is 5.97 Å². The fraction of sp³-hybridized carbons (Fsp3) is 0.611. The molecule has 1 aliphatic rings. The topological polar surface area (TPSA) is 92.7 Å². The third kappa shape index (κ3) is 5.29. The van der Waals surface area contributed by atoms with Gasteiger partial charge in [0.2, 0.25) is 5.91 Å². The average Bonchev–Trinajstić information content (AvgIpc) is 2.88. The maximum absolute atomic E-state index is 12.5. The van der Waals surface area contributed by atoms with E-state index in [0.717, 1.165) is 36.1 Å². The van der Waals surface area contributed by atoms with Gasteiger partial charge in [-0.05, 0) is 43.6 Å². The predicted octanol–water partition coefficient (Wildman–Crippen LogP) is 3.63. The molecule has 138 valence electrons. The lowest BCUT2D eigenvalue weighted by atomic mass is 9.88.